The minimum absolute atomic E-state index is 0.0285. The van der Waals surface area contributed by atoms with Gasteiger partial charge in [0.05, 0.1) is 6.61 Å². The second-order valence-electron chi connectivity index (χ2n) is 3.60. The van der Waals surface area contributed by atoms with Crippen molar-refractivity contribution < 1.29 is 9.84 Å². The molecule has 0 fully saturated rings. The highest BCUT2D eigenvalue weighted by Gasteiger charge is 2.04. The highest BCUT2D eigenvalue weighted by molar-refractivity contribution is 5.27. The molecule has 0 saturated heterocycles. The number of aromatic amines is 1. The number of pyridine rings is 1. The number of aromatic nitrogens is 3. The number of aryl methyl sites for hydroxylation is 2. The average molecular weight is 219 g/mol. The maximum atomic E-state index is 9.05. The van der Waals surface area contributed by atoms with Gasteiger partial charge in [-0.05, 0) is 25.5 Å². The fourth-order valence-corrected chi connectivity index (χ4v) is 1.40. The van der Waals surface area contributed by atoms with E-state index in [4.69, 9.17) is 9.84 Å². The summed E-state index contributed by atoms with van der Waals surface area (Å²) in [6.07, 6.45) is 0. The van der Waals surface area contributed by atoms with Crippen LogP contribution in [0.5, 0.6) is 11.8 Å². The Hall–Kier alpha value is -1.88. The molecular formula is C11H13N3O2. The van der Waals surface area contributed by atoms with Gasteiger partial charge in [-0.25, -0.2) is 4.98 Å². The number of nitrogens with one attached hydrogen (secondary N) is 1. The molecule has 0 radical (unpaired) electrons. The van der Waals surface area contributed by atoms with E-state index in [1.54, 1.807) is 12.1 Å². The molecule has 16 heavy (non-hydrogen) atoms. The van der Waals surface area contributed by atoms with E-state index in [1.807, 2.05) is 19.9 Å². The minimum Gasteiger partial charge on any atom is -0.419 e. The van der Waals surface area contributed by atoms with E-state index in [0.717, 1.165) is 17.0 Å². The number of rotatable bonds is 3. The lowest BCUT2D eigenvalue weighted by Crippen LogP contribution is -1.93. The van der Waals surface area contributed by atoms with Crippen LogP contribution in [0.25, 0.3) is 0 Å². The Morgan fingerprint density at radius 2 is 2.06 bits per heavy atom. The summed E-state index contributed by atoms with van der Waals surface area (Å²) >= 11 is 0. The number of hydrogen-bond donors (Lipinski definition) is 2. The van der Waals surface area contributed by atoms with Crippen LogP contribution in [0.1, 0.15) is 17.0 Å². The van der Waals surface area contributed by atoms with E-state index >= 15 is 0 Å². The third-order valence-electron chi connectivity index (χ3n) is 2.06. The van der Waals surface area contributed by atoms with Gasteiger partial charge in [-0.2, -0.15) is 0 Å². The second kappa shape index (κ2) is 4.32. The maximum Gasteiger partial charge on any atom is 0.240 e. The van der Waals surface area contributed by atoms with Crippen molar-refractivity contribution in [3.8, 4) is 11.8 Å². The molecule has 0 saturated carbocycles. The van der Waals surface area contributed by atoms with Crippen molar-refractivity contribution >= 4 is 0 Å². The Balaban J connectivity index is 2.24. The fraction of sp³-hybridized carbons (Fsp3) is 0.273. The predicted molar refractivity (Wildman–Crippen MR) is 58.3 cm³/mol. The predicted octanol–water partition coefficient (Wildman–Crippen LogP) is 1.71. The van der Waals surface area contributed by atoms with Gasteiger partial charge >= 0.3 is 0 Å². The molecule has 5 nitrogen and oxygen atoms in total. The van der Waals surface area contributed by atoms with Crippen molar-refractivity contribution in [1.82, 2.24) is 15.2 Å². The molecule has 84 valence electrons. The van der Waals surface area contributed by atoms with Crippen molar-refractivity contribution in [2.24, 2.45) is 0 Å². The SMILES string of the molecule is Cc1cc(CO)cc(Oc2cc(C)[nH]n2)n1. The molecule has 2 rings (SSSR count). The first-order chi connectivity index (χ1) is 7.67. The first kappa shape index (κ1) is 10.6. The summed E-state index contributed by atoms with van der Waals surface area (Å²) in [5.74, 6) is 0.912. The third-order valence-corrected chi connectivity index (χ3v) is 2.06. The van der Waals surface area contributed by atoms with Crippen molar-refractivity contribution in [3.63, 3.8) is 0 Å². The van der Waals surface area contributed by atoms with Gasteiger partial charge in [-0.15, -0.1) is 5.10 Å². The lowest BCUT2D eigenvalue weighted by atomic mass is 10.2. The van der Waals surface area contributed by atoms with Crippen LogP contribution in [0.4, 0.5) is 0 Å². The lowest BCUT2D eigenvalue weighted by Gasteiger charge is -2.04. The van der Waals surface area contributed by atoms with Crippen LogP contribution in [0.3, 0.4) is 0 Å². The quantitative estimate of drug-likeness (QED) is 0.824. The van der Waals surface area contributed by atoms with Gasteiger partial charge in [0, 0.05) is 23.5 Å². The summed E-state index contributed by atoms with van der Waals surface area (Å²) in [4.78, 5) is 4.20. The van der Waals surface area contributed by atoms with Crippen LogP contribution in [-0.4, -0.2) is 20.3 Å². The molecule has 2 aromatic rings. The Morgan fingerprint density at radius 1 is 1.25 bits per heavy atom. The van der Waals surface area contributed by atoms with Gasteiger partial charge in [-0.1, -0.05) is 0 Å². The van der Waals surface area contributed by atoms with Gasteiger partial charge in [-0.3, -0.25) is 5.10 Å². The maximum absolute atomic E-state index is 9.05. The highest BCUT2D eigenvalue weighted by atomic mass is 16.5. The van der Waals surface area contributed by atoms with Gasteiger partial charge in [0.2, 0.25) is 11.8 Å². The molecule has 5 heteroatoms. The van der Waals surface area contributed by atoms with Crippen LogP contribution >= 0.6 is 0 Å². The number of aliphatic hydroxyl groups is 1. The summed E-state index contributed by atoms with van der Waals surface area (Å²) in [6.45, 7) is 3.71. The molecular weight excluding hydrogens is 206 g/mol. The normalized spacial score (nSPS) is 10.4. The number of aliphatic hydroxyl groups excluding tert-OH is 1. The molecule has 0 aliphatic rings. The summed E-state index contributed by atoms with van der Waals surface area (Å²) < 4.78 is 5.46. The smallest absolute Gasteiger partial charge is 0.240 e. The minimum atomic E-state index is -0.0285. The van der Waals surface area contributed by atoms with Crippen LogP contribution in [0, 0.1) is 13.8 Å². The topological polar surface area (TPSA) is 71.0 Å². The monoisotopic (exact) mass is 219 g/mol. The van der Waals surface area contributed by atoms with E-state index in [9.17, 15) is 0 Å². The Bertz CT molecular complexity index is 494. The second-order valence-corrected chi connectivity index (χ2v) is 3.60. The molecule has 2 heterocycles. The Morgan fingerprint density at radius 3 is 2.69 bits per heavy atom. The van der Waals surface area contributed by atoms with Gasteiger partial charge in [0.1, 0.15) is 0 Å². The van der Waals surface area contributed by atoms with Crippen molar-refractivity contribution in [3.05, 3.63) is 35.2 Å². The zero-order valence-corrected chi connectivity index (χ0v) is 9.19. The molecule has 0 aliphatic carbocycles. The number of hydrogen-bond acceptors (Lipinski definition) is 4. The lowest BCUT2D eigenvalue weighted by molar-refractivity contribution is 0.280. The molecule has 2 aromatic heterocycles. The van der Waals surface area contributed by atoms with Crippen molar-refractivity contribution in [1.29, 1.82) is 0 Å². The van der Waals surface area contributed by atoms with Crippen LogP contribution < -0.4 is 4.74 Å². The van der Waals surface area contributed by atoms with E-state index in [-0.39, 0.29) is 6.61 Å². The van der Waals surface area contributed by atoms with Crippen LogP contribution in [0.2, 0.25) is 0 Å². The molecule has 0 aliphatic heterocycles. The van der Waals surface area contributed by atoms with E-state index in [1.165, 1.54) is 0 Å². The molecule has 0 bridgehead atoms. The Labute approximate surface area is 93.1 Å². The van der Waals surface area contributed by atoms with Gasteiger partial charge < -0.3 is 9.84 Å². The summed E-state index contributed by atoms with van der Waals surface area (Å²) in [7, 11) is 0. The van der Waals surface area contributed by atoms with Crippen LogP contribution in [0.15, 0.2) is 18.2 Å². The highest BCUT2D eigenvalue weighted by Crippen LogP contribution is 2.19. The summed E-state index contributed by atoms with van der Waals surface area (Å²) in [5, 5.41) is 15.8. The average Bonchev–Trinajstić information content (AvgIpc) is 2.63. The van der Waals surface area contributed by atoms with Crippen molar-refractivity contribution in [2.45, 2.75) is 20.5 Å². The van der Waals surface area contributed by atoms with Gasteiger partial charge in [0.15, 0.2) is 0 Å². The molecule has 0 spiro atoms. The standard InChI is InChI=1S/C11H13N3O2/c1-7-3-9(6-15)5-10(12-7)16-11-4-8(2)13-14-11/h3-5,15H,6H2,1-2H3,(H,13,14). The van der Waals surface area contributed by atoms with E-state index in [0.29, 0.717) is 11.8 Å². The number of H-pyrrole nitrogens is 1. The largest absolute Gasteiger partial charge is 0.419 e. The summed E-state index contributed by atoms with van der Waals surface area (Å²) in [5.41, 5.74) is 2.49. The zero-order valence-electron chi connectivity index (χ0n) is 9.19. The zero-order chi connectivity index (χ0) is 11.5. The van der Waals surface area contributed by atoms with E-state index in [2.05, 4.69) is 15.2 Å². The molecule has 0 unspecified atom stereocenters. The van der Waals surface area contributed by atoms with Crippen LogP contribution in [-0.2, 0) is 6.61 Å². The first-order valence-electron chi connectivity index (χ1n) is 4.95. The van der Waals surface area contributed by atoms with E-state index < -0.39 is 0 Å². The molecule has 0 aromatic carbocycles. The first-order valence-corrected chi connectivity index (χ1v) is 4.95. The molecule has 0 amide bonds. The number of nitrogens with zero attached hydrogens (tertiary/aromatic N) is 2. The molecule has 0 atom stereocenters. The number of ether oxygens (including phenoxy) is 1. The van der Waals surface area contributed by atoms with Gasteiger partial charge in [0.25, 0.3) is 0 Å². The fourth-order valence-electron chi connectivity index (χ4n) is 1.40. The third kappa shape index (κ3) is 2.38. The summed E-state index contributed by atoms with van der Waals surface area (Å²) in [6, 6.07) is 5.28. The Kier molecular flexibility index (Phi) is 2.87. The van der Waals surface area contributed by atoms with Crippen molar-refractivity contribution in [2.75, 3.05) is 0 Å². The molecule has 2 N–H and O–H groups in total.